The van der Waals surface area contributed by atoms with Gasteiger partial charge in [-0.2, -0.15) is 0 Å². The number of nitrogens with two attached hydrogens (primary N) is 1. The van der Waals surface area contributed by atoms with E-state index >= 15 is 0 Å². The molecule has 0 amide bonds. The first-order valence-electron chi connectivity index (χ1n) is 5.14. The maximum Gasteiger partial charge on any atom is 0.173 e. The SMILES string of the molecule is Cc1c(C(N)CCO)nc2c(F)cccn12. The van der Waals surface area contributed by atoms with Crippen molar-refractivity contribution in [2.45, 2.75) is 19.4 Å². The number of hydrogen-bond donors (Lipinski definition) is 2. The summed E-state index contributed by atoms with van der Waals surface area (Å²) in [5.74, 6) is -0.368. The zero-order chi connectivity index (χ0) is 11.7. The number of nitrogens with zero attached hydrogens (tertiary/aromatic N) is 2. The number of rotatable bonds is 3. The maximum absolute atomic E-state index is 13.5. The summed E-state index contributed by atoms with van der Waals surface area (Å²) in [5, 5.41) is 8.83. The minimum Gasteiger partial charge on any atom is -0.396 e. The number of aryl methyl sites for hydroxylation is 1. The van der Waals surface area contributed by atoms with Crippen LogP contribution in [-0.4, -0.2) is 21.1 Å². The molecule has 0 saturated heterocycles. The van der Waals surface area contributed by atoms with Crippen molar-refractivity contribution in [3.05, 3.63) is 35.5 Å². The van der Waals surface area contributed by atoms with Crippen molar-refractivity contribution in [3.63, 3.8) is 0 Å². The summed E-state index contributed by atoms with van der Waals surface area (Å²) < 4.78 is 15.1. The predicted octanol–water partition coefficient (Wildman–Crippen LogP) is 1.16. The summed E-state index contributed by atoms with van der Waals surface area (Å²) >= 11 is 0. The second-order valence-corrected chi connectivity index (χ2v) is 3.75. The van der Waals surface area contributed by atoms with Gasteiger partial charge in [-0.25, -0.2) is 9.37 Å². The average molecular weight is 223 g/mol. The van der Waals surface area contributed by atoms with Crippen molar-refractivity contribution in [1.82, 2.24) is 9.38 Å². The molecule has 4 nitrogen and oxygen atoms in total. The van der Waals surface area contributed by atoms with Crippen LogP contribution in [0.25, 0.3) is 5.65 Å². The van der Waals surface area contributed by atoms with E-state index in [1.165, 1.54) is 6.07 Å². The van der Waals surface area contributed by atoms with Gasteiger partial charge in [0.15, 0.2) is 11.5 Å². The highest BCUT2D eigenvalue weighted by molar-refractivity contribution is 5.45. The minimum atomic E-state index is -0.368. The molecule has 16 heavy (non-hydrogen) atoms. The van der Waals surface area contributed by atoms with Gasteiger partial charge in [-0.3, -0.25) is 0 Å². The van der Waals surface area contributed by atoms with Gasteiger partial charge in [-0.05, 0) is 25.5 Å². The Bertz CT molecular complexity index is 509. The molecule has 0 saturated carbocycles. The van der Waals surface area contributed by atoms with E-state index in [0.29, 0.717) is 12.1 Å². The van der Waals surface area contributed by atoms with E-state index in [4.69, 9.17) is 10.8 Å². The van der Waals surface area contributed by atoms with E-state index in [-0.39, 0.29) is 24.1 Å². The van der Waals surface area contributed by atoms with Crippen LogP contribution in [0, 0.1) is 12.7 Å². The first-order chi connectivity index (χ1) is 7.65. The molecule has 1 atom stereocenters. The molecule has 5 heteroatoms. The third-order valence-corrected chi connectivity index (χ3v) is 2.67. The van der Waals surface area contributed by atoms with Gasteiger partial charge in [0, 0.05) is 18.5 Å². The monoisotopic (exact) mass is 223 g/mol. The van der Waals surface area contributed by atoms with Crippen LogP contribution >= 0.6 is 0 Å². The van der Waals surface area contributed by atoms with Crippen LogP contribution in [0.4, 0.5) is 4.39 Å². The lowest BCUT2D eigenvalue weighted by atomic mass is 10.1. The highest BCUT2D eigenvalue weighted by atomic mass is 19.1. The van der Waals surface area contributed by atoms with E-state index in [2.05, 4.69) is 4.98 Å². The smallest absolute Gasteiger partial charge is 0.173 e. The topological polar surface area (TPSA) is 63.5 Å². The number of aliphatic hydroxyl groups is 1. The van der Waals surface area contributed by atoms with Crippen molar-refractivity contribution < 1.29 is 9.50 Å². The van der Waals surface area contributed by atoms with Crippen LogP contribution in [0.15, 0.2) is 18.3 Å². The van der Waals surface area contributed by atoms with Crippen LogP contribution in [-0.2, 0) is 0 Å². The van der Waals surface area contributed by atoms with Gasteiger partial charge in [0.2, 0.25) is 0 Å². The lowest BCUT2D eigenvalue weighted by Crippen LogP contribution is -2.13. The third kappa shape index (κ3) is 1.68. The predicted molar refractivity (Wildman–Crippen MR) is 58.5 cm³/mol. The Morgan fingerprint density at radius 3 is 3.00 bits per heavy atom. The molecule has 86 valence electrons. The molecular weight excluding hydrogens is 209 g/mol. The summed E-state index contributed by atoms with van der Waals surface area (Å²) in [6, 6.07) is 2.63. The fourth-order valence-electron chi connectivity index (χ4n) is 1.80. The van der Waals surface area contributed by atoms with Gasteiger partial charge in [-0.1, -0.05) is 0 Å². The van der Waals surface area contributed by atoms with E-state index in [9.17, 15) is 4.39 Å². The lowest BCUT2D eigenvalue weighted by Gasteiger charge is -2.07. The van der Waals surface area contributed by atoms with Crippen molar-refractivity contribution in [2.75, 3.05) is 6.61 Å². The van der Waals surface area contributed by atoms with Gasteiger partial charge in [-0.15, -0.1) is 0 Å². The van der Waals surface area contributed by atoms with Gasteiger partial charge >= 0.3 is 0 Å². The third-order valence-electron chi connectivity index (χ3n) is 2.67. The van der Waals surface area contributed by atoms with Gasteiger partial charge < -0.3 is 15.2 Å². The van der Waals surface area contributed by atoms with E-state index in [1.54, 1.807) is 16.7 Å². The Hall–Kier alpha value is -1.46. The van der Waals surface area contributed by atoms with Gasteiger partial charge in [0.05, 0.1) is 11.7 Å². The molecule has 0 spiro atoms. The molecule has 1 unspecified atom stereocenters. The Morgan fingerprint density at radius 2 is 2.38 bits per heavy atom. The first kappa shape index (κ1) is 11.0. The van der Waals surface area contributed by atoms with E-state index in [0.717, 1.165) is 5.69 Å². The summed E-state index contributed by atoms with van der Waals surface area (Å²) in [6.45, 7) is 1.84. The second-order valence-electron chi connectivity index (χ2n) is 3.75. The molecule has 2 aromatic heterocycles. The molecule has 0 aromatic carbocycles. The largest absolute Gasteiger partial charge is 0.396 e. The highest BCUT2D eigenvalue weighted by Crippen LogP contribution is 2.20. The standard InChI is InChI=1S/C11H14FN3O/c1-7-10(9(13)4-6-16)14-11-8(12)3-2-5-15(7)11/h2-3,5,9,16H,4,6,13H2,1H3. The summed E-state index contributed by atoms with van der Waals surface area (Å²) in [5.41, 5.74) is 7.60. The summed E-state index contributed by atoms with van der Waals surface area (Å²) in [4.78, 5) is 4.18. The molecule has 0 aliphatic carbocycles. The Morgan fingerprint density at radius 1 is 1.62 bits per heavy atom. The van der Waals surface area contributed by atoms with Crippen molar-refractivity contribution in [1.29, 1.82) is 0 Å². The molecular formula is C11H14FN3O. The van der Waals surface area contributed by atoms with Crippen LogP contribution in [0.3, 0.4) is 0 Å². The number of halogens is 1. The number of aromatic nitrogens is 2. The first-order valence-corrected chi connectivity index (χ1v) is 5.14. The Kier molecular flexibility index (Phi) is 2.89. The van der Waals surface area contributed by atoms with Crippen LogP contribution < -0.4 is 5.73 Å². The van der Waals surface area contributed by atoms with Crippen LogP contribution in [0.2, 0.25) is 0 Å². The average Bonchev–Trinajstić information content (AvgIpc) is 2.59. The zero-order valence-corrected chi connectivity index (χ0v) is 9.02. The van der Waals surface area contributed by atoms with E-state index in [1.807, 2.05) is 6.92 Å². The quantitative estimate of drug-likeness (QED) is 0.820. The maximum atomic E-state index is 13.5. The molecule has 2 heterocycles. The number of fused-ring (bicyclic) bond motifs is 1. The van der Waals surface area contributed by atoms with Crippen LogP contribution in [0.1, 0.15) is 23.9 Å². The van der Waals surface area contributed by atoms with Crippen molar-refractivity contribution in [3.8, 4) is 0 Å². The van der Waals surface area contributed by atoms with Gasteiger partial charge in [0.25, 0.3) is 0 Å². The lowest BCUT2D eigenvalue weighted by molar-refractivity contribution is 0.275. The number of aliphatic hydroxyl groups excluding tert-OH is 1. The van der Waals surface area contributed by atoms with E-state index < -0.39 is 0 Å². The van der Waals surface area contributed by atoms with Crippen molar-refractivity contribution in [2.24, 2.45) is 5.73 Å². The number of hydrogen-bond acceptors (Lipinski definition) is 3. The fourth-order valence-corrected chi connectivity index (χ4v) is 1.80. The molecule has 0 fully saturated rings. The fraction of sp³-hybridized carbons (Fsp3) is 0.364. The number of pyridine rings is 1. The minimum absolute atomic E-state index is 0.00302. The molecule has 0 aliphatic heterocycles. The molecule has 2 rings (SSSR count). The highest BCUT2D eigenvalue weighted by Gasteiger charge is 2.16. The van der Waals surface area contributed by atoms with Crippen molar-refractivity contribution >= 4 is 5.65 Å². The molecule has 2 aromatic rings. The normalized spacial score (nSPS) is 13.2. The Labute approximate surface area is 92.5 Å². The zero-order valence-electron chi connectivity index (χ0n) is 9.02. The summed E-state index contributed by atoms with van der Waals surface area (Å²) in [6.07, 6.45) is 2.17. The molecule has 3 N–H and O–H groups in total. The molecule has 0 bridgehead atoms. The van der Waals surface area contributed by atoms with Crippen LogP contribution in [0.5, 0.6) is 0 Å². The van der Waals surface area contributed by atoms with Gasteiger partial charge in [0.1, 0.15) is 0 Å². The number of imidazole rings is 1. The molecule has 0 aliphatic rings. The Balaban J connectivity index is 2.55. The molecule has 0 radical (unpaired) electrons. The second kappa shape index (κ2) is 4.19. The summed E-state index contributed by atoms with van der Waals surface area (Å²) in [7, 11) is 0.